The fourth-order valence-corrected chi connectivity index (χ4v) is 4.27. The Labute approximate surface area is 185 Å². The molecule has 0 radical (unpaired) electrons. The van der Waals surface area contributed by atoms with Gasteiger partial charge in [-0.2, -0.15) is 5.10 Å². The zero-order valence-corrected chi connectivity index (χ0v) is 19.0. The largest absolute Gasteiger partial charge is 0.369 e. The highest BCUT2D eigenvalue weighted by Gasteiger charge is 2.18. The normalized spacial score (nSPS) is 19.0. The summed E-state index contributed by atoms with van der Waals surface area (Å²) in [5.74, 6) is 0.687. The number of rotatable bonds is 6. The van der Waals surface area contributed by atoms with E-state index in [9.17, 15) is 4.79 Å². The van der Waals surface area contributed by atoms with E-state index >= 15 is 0 Å². The number of piperazine rings is 1. The summed E-state index contributed by atoms with van der Waals surface area (Å²) in [6.45, 7) is 6.79. The van der Waals surface area contributed by atoms with Crippen molar-refractivity contribution in [3.63, 3.8) is 0 Å². The smallest absolute Gasteiger partial charge is 0.239 e. The topological polar surface area (TPSA) is 68.7 Å². The molecule has 8 heteroatoms. The number of amides is 1. The molecular weight excluding hydrogens is 390 g/mol. The fraction of sp³-hybridized carbons (Fsp3) is 0.565. The van der Waals surface area contributed by atoms with E-state index in [4.69, 9.17) is 0 Å². The molecule has 1 aromatic carbocycles. The second-order valence-electron chi connectivity index (χ2n) is 8.88. The van der Waals surface area contributed by atoms with Crippen molar-refractivity contribution in [1.29, 1.82) is 0 Å². The highest BCUT2D eigenvalue weighted by molar-refractivity contribution is 5.92. The van der Waals surface area contributed by atoms with Gasteiger partial charge in [0.15, 0.2) is 0 Å². The minimum atomic E-state index is -0.0288. The molecular formula is C23H35N7O. The van der Waals surface area contributed by atoms with E-state index in [1.54, 1.807) is 4.68 Å². The number of nitrogens with one attached hydrogen (secondary N) is 2. The number of nitrogens with zero attached hydrogens (tertiary/aromatic N) is 5. The van der Waals surface area contributed by atoms with Gasteiger partial charge in [-0.25, -0.2) is 0 Å². The van der Waals surface area contributed by atoms with Crippen molar-refractivity contribution in [2.45, 2.75) is 18.9 Å². The van der Waals surface area contributed by atoms with Crippen molar-refractivity contribution in [2.75, 3.05) is 70.1 Å². The number of anilines is 2. The van der Waals surface area contributed by atoms with E-state index in [1.165, 1.54) is 5.69 Å². The van der Waals surface area contributed by atoms with Crippen LogP contribution in [0.15, 0.2) is 30.3 Å². The van der Waals surface area contributed by atoms with Gasteiger partial charge in [-0.05, 0) is 52.2 Å². The molecule has 0 bridgehead atoms. The van der Waals surface area contributed by atoms with Gasteiger partial charge in [0, 0.05) is 56.6 Å². The lowest BCUT2D eigenvalue weighted by Gasteiger charge is -2.34. The second kappa shape index (κ2) is 9.80. The van der Waals surface area contributed by atoms with Crippen molar-refractivity contribution in [2.24, 2.45) is 7.05 Å². The Kier molecular flexibility index (Phi) is 6.89. The summed E-state index contributed by atoms with van der Waals surface area (Å²) in [6, 6.07) is 10.9. The number of aryl methyl sites for hydroxylation is 1. The zero-order valence-electron chi connectivity index (χ0n) is 19.0. The first-order valence-corrected chi connectivity index (χ1v) is 11.3. The van der Waals surface area contributed by atoms with Crippen LogP contribution in [0.5, 0.6) is 0 Å². The van der Waals surface area contributed by atoms with Crippen molar-refractivity contribution < 1.29 is 4.79 Å². The Morgan fingerprint density at radius 2 is 1.61 bits per heavy atom. The Morgan fingerprint density at radius 1 is 0.968 bits per heavy atom. The molecule has 2 aliphatic heterocycles. The number of likely N-dealkylation sites (N-methyl/N-ethyl adjacent to an activating group) is 1. The van der Waals surface area contributed by atoms with Gasteiger partial charge in [0.2, 0.25) is 5.91 Å². The van der Waals surface area contributed by atoms with Crippen LogP contribution in [0.1, 0.15) is 12.8 Å². The molecule has 2 fully saturated rings. The molecule has 2 aliphatic rings. The summed E-state index contributed by atoms with van der Waals surface area (Å²) >= 11 is 0. The molecule has 1 aromatic heterocycles. The van der Waals surface area contributed by atoms with Gasteiger partial charge >= 0.3 is 0 Å². The lowest BCUT2D eigenvalue weighted by Crippen LogP contribution is -2.44. The first-order chi connectivity index (χ1) is 15.0. The van der Waals surface area contributed by atoms with Crippen LogP contribution in [-0.2, 0) is 11.8 Å². The molecule has 0 unspecified atom stereocenters. The Bertz CT molecular complexity index is 863. The molecule has 4 rings (SSSR count). The van der Waals surface area contributed by atoms with E-state index in [0.717, 1.165) is 63.4 Å². The van der Waals surface area contributed by atoms with E-state index in [0.29, 0.717) is 18.4 Å². The molecule has 2 aromatic rings. The van der Waals surface area contributed by atoms with E-state index < -0.39 is 0 Å². The summed E-state index contributed by atoms with van der Waals surface area (Å²) < 4.78 is 1.73. The van der Waals surface area contributed by atoms with Crippen LogP contribution >= 0.6 is 0 Å². The predicted molar refractivity (Wildman–Crippen MR) is 126 cm³/mol. The average Bonchev–Trinajstić information content (AvgIpc) is 3.14. The van der Waals surface area contributed by atoms with Crippen LogP contribution < -0.4 is 15.5 Å². The van der Waals surface area contributed by atoms with Crippen LogP contribution in [0.3, 0.4) is 0 Å². The lowest BCUT2D eigenvalue weighted by molar-refractivity contribution is -0.115. The fourth-order valence-electron chi connectivity index (χ4n) is 4.27. The maximum Gasteiger partial charge on any atom is 0.239 e. The van der Waals surface area contributed by atoms with Crippen LogP contribution in [0.25, 0.3) is 11.3 Å². The molecule has 2 saturated heterocycles. The Hall–Kier alpha value is -2.42. The molecule has 2 N–H and O–H groups in total. The number of aromatic nitrogens is 2. The molecule has 3 heterocycles. The van der Waals surface area contributed by atoms with Crippen molar-refractivity contribution in [3.05, 3.63) is 30.3 Å². The van der Waals surface area contributed by atoms with Crippen molar-refractivity contribution >= 4 is 17.4 Å². The summed E-state index contributed by atoms with van der Waals surface area (Å²) in [4.78, 5) is 19.5. The number of carbonyl (C=O) groups is 1. The monoisotopic (exact) mass is 425 g/mol. The van der Waals surface area contributed by atoms with E-state index in [1.807, 2.05) is 13.1 Å². The van der Waals surface area contributed by atoms with Gasteiger partial charge in [0.05, 0.1) is 12.2 Å². The number of piperidine rings is 1. The predicted octanol–water partition coefficient (Wildman–Crippen LogP) is 1.46. The number of benzene rings is 1. The number of likely N-dealkylation sites (tertiary alicyclic amines) is 1. The third kappa shape index (κ3) is 5.64. The van der Waals surface area contributed by atoms with Gasteiger partial charge in [0.1, 0.15) is 5.82 Å². The molecule has 0 aliphatic carbocycles. The highest BCUT2D eigenvalue weighted by atomic mass is 16.2. The van der Waals surface area contributed by atoms with E-state index in [2.05, 4.69) is 68.8 Å². The molecule has 8 nitrogen and oxygen atoms in total. The maximum absolute atomic E-state index is 12.4. The van der Waals surface area contributed by atoms with Crippen molar-refractivity contribution in [1.82, 2.24) is 24.9 Å². The first-order valence-electron chi connectivity index (χ1n) is 11.3. The first kappa shape index (κ1) is 21.8. The van der Waals surface area contributed by atoms with Crippen molar-refractivity contribution in [3.8, 4) is 11.3 Å². The SMILES string of the molecule is CN1CCC(NCC(=O)Nc2cc(-c3ccc(N4CCN(C)CC4)cc3)nn2C)CC1. The van der Waals surface area contributed by atoms with E-state index in [-0.39, 0.29) is 5.91 Å². The molecule has 0 spiro atoms. The molecule has 168 valence electrons. The molecule has 1 amide bonds. The third-order valence-corrected chi connectivity index (χ3v) is 6.45. The summed E-state index contributed by atoms with van der Waals surface area (Å²) in [7, 11) is 6.17. The molecule has 0 saturated carbocycles. The maximum atomic E-state index is 12.4. The second-order valence-corrected chi connectivity index (χ2v) is 8.88. The minimum absolute atomic E-state index is 0.0288. The Morgan fingerprint density at radius 3 is 2.29 bits per heavy atom. The van der Waals surface area contributed by atoms with Gasteiger partial charge in [-0.1, -0.05) is 12.1 Å². The minimum Gasteiger partial charge on any atom is -0.369 e. The summed E-state index contributed by atoms with van der Waals surface area (Å²) in [5, 5.41) is 11.0. The average molecular weight is 426 g/mol. The summed E-state index contributed by atoms with van der Waals surface area (Å²) in [6.07, 6.45) is 2.17. The van der Waals surface area contributed by atoms with Gasteiger partial charge in [0.25, 0.3) is 0 Å². The Balaban J connectivity index is 1.32. The zero-order chi connectivity index (χ0) is 21.8. The highest BCUT2D eigenvalue weighted by Crippen LogP contribution is 2.25. The van der Waals surface area contributed by atoms with Gasteiger partial charge < -0.3 is 25.3 Å². The lowest BCUT2D eigenvalue weighted by atomic mass is 10.1. The van der Waals surface area contributed by atoms with Crippen LogP contribution in [0.4, 0.5) is 11.5 Å². The number of carbonyl (C=O) groups excluding carboxylic acids is 1. The third-order valence-electron chi connectivity index (χ3n) is 6.45. The summed E-state index contributed by atoms with van der Waals surface area (Å²) in [5.41, 5.74) is 3.17. The van der Waals surface area contributed by atoms with Crippen LogP contribution in [-0.4, -0.2) is 91.4 Å². The van der Waals surface area contributed by atoms with Crippen LogP contribution in [0, 0.1) is 0 Å². The van der Waals surface area contributed by atoms with Gasteiger partial charge in [-0.15, -0.1) is 0 Å². The quantitative estimate of drug-likeness (QED) is 0.731. The number of hydrogen-bond donors (Lipinski definition) is 2. The van der Waals surface area contributed by atoms with Crippen LogP contribution in [0.2, 0.25) is 0 Å². The number of hydrogen-bond acceptors (Lipinski definition) is 6. The standard InChI is InChI=1S/C23H35N7O/c1-27-10-8-19(9-11-27)24-17-23(31)25-22-16-21(26-29(22)3)18-4-6-20(7-5-18)30-14-12-28(2)13-15-30/h4-7,16,19,24H,8-15,17H2,1-3H3,(H,25,31). The molecule has 31 heavy (non-hydrogen) atoms. The molecule has 0 atom stereocenters. The van der Waals surface area contributed by atoms with Gasteiger partial charge in [-0.3, -0.25) is 9.48 Å².